The number of piperidine rings is 1. The number of aryl methyl sites for hydroxylation is 1. The normalized spacial score (nSPS) is 17.4. The molecule has 88 valence electrons. The molecule has 0 aromatic heterocycles. The first-order valence-electron chi connectivity index (χ1n) is 5.77. The van der Waals surface area contributed by atoms with Gasteiger partial charge in [0, 0.05) is 10.6 Å². The van der Waals surface area contributed by atoms with E-state index in [0.717, 1.165) is 42.3 Å². The summed E-state index contributed by atoms with van der Waals surface area (Å²) in [7, 11) is 1.72. The maximum atomic E-state index is 6.35. The molecule has 3 heteroatoms. The van der Waals surface area contributed by atoms with Gasteiger partial charge in [-0.3, -0.25) is 0 Å². The van der Waals surface area contributed by atoms with Gasteiger partial charge in [0.25, 0.3) is 0 Å². The molecule has 1 saturated heterocycles. The Bertz CT molecular complexity index is 372. The number of hydrogen-bond acceptors (Lipinski definition) is 2. The van der Waals surface area contributed by atoms with Crippen LogP contribution in [0.2, 0.25) is 5.02 Å². The van der Waals surface area contributed by atoms with E-state index < -0.39 is 0 Å². The van der Waals surface area contributed by atoms with Crippen molar-refractivity contribution >= 4 is 11.6 Å². The second-order valence-corrected chi connectivity index (χ2v) is 4.79. The Morgan fingerprint density at radius 1 is 1.31 bits per heavy atom. The molecular weight excluding hydrogens is 222 g/mol. The van der Waals surface area contributed by atoms with Gasteiger partial charge in [0.2, 0.25) is 0 Å². The van der Waals surface area contributed by atoms with Gasteiger partial charge in [0.1, 0.15) is 5.75 Å². The van der Waals surface area contributed by atoms with Crippen molar-refractivity contribution in [2.75, 3.05) is 20.2 Å². The van der Waals surface area contributed by atoms with Crippen LogP contribution in [0.5, 0.6) is 5.75 Å². The van der Waals surface area contributed by atoms with Crippen molar-refractivity contribution in [2.24, 2.45) is 0 Å². The van der Waals surface area contributed by atoms with Crippen molar-refractivity contribution in [3.05, 3.63) is 28.3 Å². The molecule has 1 fully saturated rings. The zero-order chi connectivity index (χ0) is 11.5. The summed E-state index contributed by atoms with van der Waals surface area (Å²) in [5, 5.41) is 4.22. The molecule has 2 rings (SSSR count). The number of methoxy groups -OCH3 is 1. The van der Waals surface area contributed by atoms with Crippen molar-refractivity contribution in [1.29, 1.82) is 0 Å². The van der Waals surface area contributed by atoms with Gasteiger partial charge in [0.15, 0.2) is 0 Å². The van der Waals surface area contributed by atoms with Crippen LogP contribution in [0.3, 0.4) is 0 Å². The van der Waals surface area contributed by atoms with E-state index in [1.807, 2.05) is 13.0 Å². The summed E-state index contributed by atoms with van der Waals surface area (Å²) in [6.45, 7) is 4.18. The Kier molecular flexibility index (Phi) is 3.72. The minimum absolute atomic E-state index is 0.532. The summed E-state index contributed by atoms with van der Waals surface area (Å²) in [5.74, 6) is 1.47. The van der Waals surface area contributed by atoms with Crippen LogP contribution in [-0.2, 0) is 0 Å². The first kappa shape index (κ1) is 11.7. The molecule has 1 aliphatic heterocycles. The molecule has 1 N–H and O–H groups in total. The molecule has 0 aliphatic carbocycles. The third-order valence-corrected chi connectivity index (χ3v) is 3.52. The van der Waals surface area contributed by atoms with Gasteiger partial charge in [-0.05, 0) is 56.5 Å². The summed E-state index contributed by atoms with van der Waals surface area (Å²) in [6.07, 6.45) is 2.28. The number of rotatable bonds is 2. The second kappa shape index (κ2) is 5.07. The van der Waals surface area contributed by atoms with Gasteiger partial charge in [-0.2, -0.15) is 0 Å². The minimum atomic E-state index is 0.532. The van der Waals surface area contributed by atoms with Gasteiger partial charge in [0.05, 0.1) is 7.11 Å². The molecule has 0 amide bonds. The lowest BCUT2D eigenvalue weighted by atomic mass is 9.89. The second-order valence-electron chi connectivity index (χ2n) is 4.39. The number of halogens is 1. The summed E-state index contributed by atoms with van der Waals surface area (Å²) in [6, 6.07) is 4.10. The molecule has 0 spiro atoms. The van der Waals surface area contributed by atoms with Crippen LogP contribution in [0.25, 0.3) is 0 Å². The van der Waals surface area contributed by atoms with Crippen LogP contribution in [0.4, 0.5) is 0 Å². The van der Waals surface area contributed by atoms with Gasteiger partial charge in [-0.15, -0.1) is 0 Å². The third kappa shape index (κ3) is 2.33. The maximum absolute atomic E-state index is 6.35. The fourth-order valence-corrected chi connectivity index (χ4v) is 2.82. The first-order valence-corrected chi connectivity index (χ1v) is 6.15. The van der Waals surface area contributed by atoms with Crippen LogP contribution < -0.4 is 10.1 Å². The molecule has 0 atom stereocenters. The Morgan fingerprint density at radius 2 is 2.00 bits per heavy atom. The fourth-order valence-electron chi connectivity index (χ4n) is 2.40. The minimum Gasteiger partial charge on any atom is -0.496 e. The predicted molar refractivity (Wildman–Crippen MR) is 67.6 cm³/mol. The smallest absolute Gasteiger partial charge is 0.124 e. The van der Waals surface area contributed by atoms with Crippen LogP contribution in [0.1, 0.15) is 29.9 Å². The van der Waals surface area contributed by atoms with Crippen LogP contribution in [0, 0.1) is 6.92 Å². The molecule has 1 aromatic carbocycles. The Morgan fingerprint density at radius 3 is 2.62 bits per heavy atom. The summed E-state index contributed by atoms with van der Waals surface area (Å²) >= 11 is 6.35. The zero-order valence-corrected chi connectivity index (χ0v) is 10.6. The van der Waals surface area contributed by atoms with Gasteiger partial charge in [-0.1, -0.05) is 11.6 Å². The van der Waals surface area contributed by atoms with Crippen molar-refractivity contribution in [3.8, 4) is 5.75 Å². The van der Waals surface area contributed by atoms with Crippen LogP contribution in [-0.4, -0.2) is 20.2 Å². The molecular formula is C13H18ClNO. The van der Waals surface area contributed by atoms with E-state index in [2.05, 4.69) is 11.4 Å². The van der Waals surface area contributed by atoms with Crippen molar-refractivity contribution < 1.29 is 4.74 Å². The lowest BCUT2D eigenvalue weighted by molar-refractivity contribution is 0.391. The lowest BCUT2D eigenvalue weighted by Gasteiger charge is -2.25. The molecule has 0 unspecified atom stereocenters. The Labute approximate surface area is 102 Å². The highest BCUT2D eigenvalue weighted by atomic mass is 35.5. The summed E-state index contributed by atoms with van der Waals surface area (Å²) < 4.78 is 5.46. The highest BCUT2D eigenvalue weighted by Gasteiger charge is 2.21. The average molecular weight is 240 g/mol. The van der Waals surface area contributed by atoms with E-state index in [9.17, 15) is 0 Å². The first-order chi connectivity index (χ1) is 7.72. The van der Waals surface area contributed by atoms with Crippen molar-refractivity contribution in [2.45, 2.75) is 25.7 Å². The number of benzene rings is 1. The summed E-state index contributed by atoms with van der Waals surface area (Å²) in [4.78, 5) is 0. The maximum Gasteiger partial charge on any atom is 0.124 e. The number of nitrogens with one attached hydrogen (secondary N) is 1. The highest BCUT2D eigenvalue weighted by Crippen LogP contribution is 2.38. The molecule has 2 nitrogen and oxygen atoms in total. The highest BCUT2D eigenvalue weighted by molar-refractivity contribution is 6.31. The molecule has 16 heavy (non-hydrogen) atoms. The van der Waals surface area contributed by atoms with Gasteiger partial charge >= 0.3 is 0 Å². The monoisotopic (exact) mass is 239 g/mol. The third-order valence-electron chi connectivity index (χ3n) is 3.20. The number of ether oxygens (including phenoxy) is 1. The van der Waals surface area contributed by atoms with E-state index >= 15 is 0 Å². The Hall–Kier alpha value is -0.730. The van der Waals surface area contributed by atoms with Crippen LogP contribution in [0.15, 0.2) is 12.1 Å². The molecule has 1 heterocycles. The van der Waals surface area contributed by atoms with E-state index in [1.54, 1.807) is 7.11 Å². The summed E-state index contributed by atoms with van der Waals surface area (Å²) in [5.41, 5.74) is 2.34. The quantitative estimate of drug-likeness (QED) is 0.856. The molecule has 1 aromatic rings. The lowest BCUT2D eigenvalue weighted by Crippen LogP contribution is -2.27. The Balaban J connectivity index is 2.37. The van der Waals surface area contributed by atoms with Crippen molar-refractivity contribution in [3.63, 3.8) is 0 Å². The standard InChI is InChI=1S/C13H18ClNO/c1-9-7-11(14)13(12(8-9)16-2)10-3-5-15-6-4-10/h7-8,10,15H,3-6H2,1-2H3. The molecule has 0 radical (unpaired) electrons. The zero-order valence-electron chi connectivity index (χ0n) is 9.85. The largest absolute Gasteiger partial charge is 0.496 e. The number of hydrogen-bond donors (Lipinski definition) is 1. The molecule has 0 bridgehead atoms. The van der Waals surface area contributed by atoms with Crippen LogP contribution >= 0.6 is 11.6 Å². The van der Waals surface area contributed by atoms with E-state index in [-0.39, 0.29) is 0 Å². The average Bonchev–Trinajstić information content (AvgIpc) is 2.29. The SMILES string of the molecule is COc1cc(C)cc(Cl)c1C1CCNCC1. The van der Waals surface area contributed by atoms with Gasteiger partial charge < -0.3 is 10.1 Å². The molecule has 0 saturated carbocycles. The van der Waals surface area contributed by atoms with Crippen molar-refractivity contribution in [1.82, 2.24) is 5.32 Å². The van der Waals surface area contributed by atoms with E-state index in [0.29, 0.717) is 5.92 Å². The predicted octanol–water partition coefficient (Wildman–Crippen LogP) is 3.12. The topological polar surface area (TPSA) is 21.3 Å². The fraction of sp³-hybridized carbons (Fsp3) is 0.538. The van der Waals surface area contributed by atoms with E-state index in [4.69, 9.17) is 16.3 Å². The van der Waals surface area contributed by atoms with E-state index in [1.165, 1.54) is 5.56 Å². The molecule has 1 aliphatic rings. The van der Waals surface area contributed by atoms with Gasteiger partial charge in [-0.25, -0.2) is 0 Å².